The van der Waals surface area contributed by atoms with Crippen LogP contribution in [0, 0.1) is 0 Å². The van der Waals surface area contributed by atoms with Gasteiger partial charge >= 0.3 is 11.9 Å². The molecule has 0 aromatic rings. The van der Waals surface area contributed by atoms with Crippen molar-refractivity contribution < 1.29 is 23.8 Å². The van der Waals surface area contributed by atoms with Gasteiger partial charge in [-0.05, 0) is 0 Å². The lowest BCUT2D eigenvalue weighted by atomic mass is 10.7. The Morgan fingerprint density at radius 1 is 0.769 bits per heavy atom. The summed E-state index contributed by atoms with van der Waals surface area (Å²) in [5.74, 6) is -1.12. The number of ether oxygens (including phenoxy) is 3. The van der Waals surface area contributed by atoms with Gasteiger partial charge in [0.15, 0.2) is 0 Å². The summed E-state index contributed by atoms with van der Waals surface area (Å²) in [7, 11) is 6.50. The maximum absolute atomic E-state index is 9.81. The van der Waals surface area contributed by atoms with Gasteiger partial charge in [0, 0.05) is 42.3 Å². The summed E-state index contributed by atoms with van der Waals surface area (Å²) in [5, 5.41) is 0. The molecule has 0 aromatic heterocycles. The highest BCUT2D eigenvalue weighted by atomic mass is 16.6. The molecule has 0 N–H and O–H groups in total. The molecule has 0 rings (SSSR count). The fraction of sp³-hybridized carbons (Fsp3) is 0.750. The van der Waals surface area contributed by atoms with Gasteiger partial charge in [0.05, 0.1) is 0 Å². The highest BCUT2D eigenvalue weighted by Crippen LogP contribution is 1.73. The van der Waals surface area contributed by atoms with E-state index in [-0.39, 0.29) is 0 Å². The molecule has 0 aliphatic heterocycles. The van der Waals surface area contributed by atoms with Gasteiger partial charge in [-0.1, -0.05) is 0 Å². The van der Waals surface area contributed by atoms with Crippen LogP contribution in [-0.2, 0) is 23.8 Å². The molecule has 13 heavy (non-hydrogen) atoms. The Labute approximate surface area is 79.0 Å². The molecule has 0 aromatic carbocycles. The van der Waals surface area contributed by atoms with Crippen molar-refractivity contribution in [1.82, 2.24) is 0 Å². The second kappa shape index (κ2) is 17.2. The molecule has 0 atom stereocenters. The van der Waals surface area contributed by atoms with E-state index in [4.69, 9.17) is 0 Å². The summed E-state index contributed by atoms with van der Waals surface area (Å²) < 4.78 is 12.5. The van der Waals surface area contributed by atoms with Crippen LogP contribution in [0.25, 0.3) is 0 Å². The summed E-state index contributed by atoms with van der Waals surface area (Å²) in [6.45, 7) is 2.36. The van der Waals surface area contributed by atoms with Crippen LogP contribution in [-0.4, -0.2) is 40.4 Å². The Balaban J connectivity index is -0.000000140. The molecule has 0 heterocycles. The first-order valence-electron chi connectivity index (χ1n) is 3.45. The number of hydrogen-bond acceptors (Lipinski definition) is 5. The van der Waals surface area contributed by atoms with E-state index in [0.717, 1.165) is 0 Å². The van der Waals surface area contributed by atoms with Crippen LogP contribution in [0.1, 0.15) is 13.8 Å². The van der Waals surface area contributed by atoms with Crippen LogP contribution in [0.15, 0.2) is 0 Å². The fourth-order valence-corrected chi connectivity index (χ4v) is 0.202. The summed E-state index contributed by atoms with van der Waals surface area (Å²) >= 11 is 0. The average Bonchev–Trinajstić information content (AvgIpc) is 1.86. The molecular formula is C8H18O5. The lowest BCUT2D eigenvalue weighted by molar-refractivity contribution is -0.156. The molecule has 80 valence electrons. The molecule has 0 amide bonds. The van der Waals surface area contributed by atoms with Crippen LogP contribution >= 0.6 is 0 Å². The minimum atomic E-state index is -0.562. The first-order chi connectivity index (χ1) is 5.95. The number of hydrogen-bond donors (Lipinski definition) is 0. The Morgan fingerprint density at radius 2 is 0.923 bits per heavy atom. The average molecular weight is 194 g/mol. The van der Waals surface area contributed by atoms with E-state index in [1.54, 1.807) is 28.4 Å². The van der Waals surface area contributed by atoms with Crippen molar-refractivity contribution in [3.05, 3.63) is 0 Å². The van der Waals surface area contributed by atoms with E-state index < -0.39 is 11.9 Å². The SMILES string of the molecule is CC(=O)OC(C)=O.COC.COC. The zero-order valence-electron chi connectivity index (χ0n) is 9.04. The van der Waals surface area contributed by atoms with E-state index in [2.05, 4.69) is 14.2 Å². The van der Waals surface area contributed by atoms with E-state index in [9.17, 15) is 9.59 Å². The summed E-state index contributed by atoms with van der Waals surface area (Å²) in [4.78, 5) is 19.6. The maximum Gasteiger partial charge on any atom is 0.310 e. The molecule has 0 fully saturated rings. The highest BCUT2D eigenvalue weighted by Gasteiger charge is 1.93. The third-order valence-corrected chi connectivity index (χ3v) is 0.287. The van der Waals surface area contributed by atoms with Crippen molar-refractivity contribution >= 4 is 11.9 Å². The van der Waals surface area contributed by atoms with Gasteiger partial charge < -0.3 is 14.2 Å². The molecule has 0 spiro atoms. The van der Waals surface area contributed by atoms with Crippen molar-refractivity contribution in [2.45, 2.75) is 13.8 Å². The van der Waals surface area contributed by atoms with Crippen LogP contribution in [0.5, 0.6) is 0 Å². The summed E-state index contributed by atoms with van der Waals surface area (Å²) in [5.41, 5.74) is 0. The Kier molecular flexibility index (Phi) is 23.8. The zero-order valence-corrected chi connectivity index (χ0v) is 9.04. The van der Waals surface area contributed by atoms with Gasteiger partial charge in [-0.3, -0.25) is 9.59 Å². The first kappa shape index (κ1) is 18.0. The fourth-order valence-electron chi connectivity index (χ4n) is 0.202. The molecule has 0 unspecified atom stereocenters. The minimum Gasteiger partial charge on any atom is -0.394 e. The first-order valence-corrected chi connectivity index (χ1v) is 3.45. The second-order valence-electron chi connectivity index (χ2n) is 1.90. The van der Waals surface area contributed by atoms with Gasteiger partial charge in [-0.25, -0.2) is 0 Å². The number of methoxy groups -OCH3 is 2. The molecular weight excluding hydrogens is 176 g/mol. The largest absolute Gasteiger partial charge is 0.394 e. The summed E-state index contributed by atoms with van der Waals surface area (Å²) in [6.07, 6.45) is 0. The van der Waals surface area contributed by atoms with E-state index in [1.165, 1.54) is 13.8 Å². The number of carbonyl (C=O) groups is 2. The van der Waals surface area contributed by atoms with Crippen molar-refractivity contribution in [3.63, 3.8) is 0 Å². The van der Waals surface area contributed by atoms with E-state index in [1.807, 2.05) is 0 Å². The highest BCUT2D eigenvalue weighted by molar-refractivity contribution is 5.82. The minimum absolute atomic E-state index is 0.562. The molecule has 0 aliphatic rings. The van der Waals surface area contributed by atoms with Crippen LogP contribution in [0.3, 0.4) is 0 Å². The van der Waals surface area contributed by atoms with Gasteiger partial charge in [-0.2, -0.15) is 0 Å². The summed E-state index contributed by atoms with van der Waals surface area (Å²) in [6, 6.07) is 0. The molecule has 0 bridgehead atoms. The van der Waals surface area contributed by atoms with E-state index in [0.29, 0.717) is 0 Å². The Morgan fingerprint density at radius 3 is 0.923 bits per heavy atom. The van der Waals surface area contributed by atoms with Gasteiger partial charge in [-0.15, -0.1) is 0 Å². The Hall–Kier alpha value is -0.940. The quantitative estimate of drug-likeness (QED) is 0.418. The predicted octanol–water partition coefficient (Wildman–Crippen LogP) is 0.621. The van der Waals surface area contributed by atoms with Crippen molar-refractivity contribution in [2.75, 3.05) is 28.4 Å². The number of carbonyl (C=O) groups excluding carboxylic acids is 2. The maximum atomic E-state index is 9.81. The topological polar surface area (TPSA) is 61.8 Å². The van der Waals surface area contributed by atoms with Gasteiger partial charge in [0.2, 0.25) is 0 Å². The van der Waals surface area contributed by atoms with Crippen LogP contribution in [0.2, 0.25) is 0 Å². The van der Waals surface area contributed by atoms with Crippen LogP contribution in [0.4, 0.5) is 0 Å². The zero-order chi connectivity index (χ0) is 11.3. The molecule has 0 saturated carbocycles. The van der Waals surface area contributed by atoms with Gasteiger partial charge in [0.1, 0.15) is 0 Å². The molecule has 0 radical (unpaired) electrons. The third-order valence-electron chi connectivity index (χ3n) is 0.287. The molecule has 5 nitrogen and oxygen atoms in total. The lowest BCUT2D eigenvalue weighted by Gasteiger charge is -1.87. The lowest BCUT2D eigenvalue weighted by Crippen LogP contribution is -2.03. The van der Waals surface area contributed by atoms with Crippen LogP contribution < -0.4 is 0 Å². The monoisotopic (exact) mass is 194 g/mol. The normalized spacial score (nSPS) is 6.92. The van der Waals surface area contributed by atoms with E-state index >= 15 is 0 Å². The molecule has 0 aliphatic carbocycles. The predicted molar refractivity (Wildman–Crippen MR) is 48.3 cm³/mol. The number of rotatable bonds is 0. The van der Waals surface area contributed by atoms with Gasteiger partial charge in [0.25, 0.3) is 0 Å². The molecule has 5 heteroatoms. The number of esters is 2. The third kappa shape index (κ3) is 97.0. The standard InChI is InChI=1S/C4H6O3.2C2H6O/c1-3(5)7-4(2)6;2*1-3-2/h1-2H3;2*1-2H3. The Bertz CT molecular complexity index is 108. The van der Waals surface area contributed by atoms with Crippen molar-refractivity contribution in [3.8, 4) is 0 Å². The van der Waals surface area contributed by atoms with Crippen molar-refractivity contribution in [1.29, 1.82) is 0 Å². The van der Waals surface area contributed by atoms with Crippen molar-refractivity contribution in [2.24, 2.45) is 0 Å². The smallest absolute Gasteiger partial charge is 0.310 e. The second-order valence-corrected chi connectivity index (χ2v) is 1.90. The molecule has 0 saturated heterocycles.